The Morgan fingerprint density at radius 3 is 1.19 bits per heavy atom. The summed E-state index contributed by atoms with van der Waals surface area (Å²) in [6.45, 7) is 41.7. The zero-order valence-electron chi connectivity index (χ0n) is 26.9. The van der Waals surface area contributed by atoms with Crippen LogP contribution in [0.25, 0.3) is 0 Å². The molecule has 0 atom stereocenters. The summed E-state index contributed by atoms with van der Waals surface area (Å²) in [5.74, 6) is 1.52. The number of halogens is 3. The van der Waals surface area contributed by atoms with Gasteiger partial charge in [0, 0.05) is 0 Å². The van der Waals surface area contributed by atoms with Gasteiger partial charge in [0.05, 0.1) is 0 Å². The molecule has 0 unspecified atom stereocenters. The normalized spacial score (nSPS) is 14.7. The molecule has 1 rings (SSSR count). The maximum absolute atomic E-state index is 11.8. The van der Waals surface area contributed by atoms with Crippen molar-refractivity contribution in [3.63, 3.8) is 0 Å². The van der Waals surface area contributed by atoms with E-state index in [4.69, 9.17) is 0 Å². The molecule has 0 aliphatic heterocycles. The summed E-state index contributed by atoms with van der Waals surface area (Å²) in [7, 11) is 0. The Hall–Kier alpha value is 0.646. The van der Waals surface area contributed by atoms with Crippen LogP contribution in [0, 0.1) is 49.9 Å². The van der Waals surface area contributed by atoms with E-state index < -0.39 is 11.7 Å². The second-order valence-corrected chi connectivity index (χ2v) is 14.8. The molecular formula is C32H55F3K-. The minimum absolute atomic E-state index is 0. The molecule has 0 N–H and O–H groups in total. The molecule has 0 spiro atoms. The van der Waals surface area contributed by atoms with Crippen LogP contribution in [0.5, 0.6) is 0 Å². The first kappa shape index (κ1) is 38.8. The third kappa shape index (κ3) is 7.04. The van der Waals surface area contributed by atoms with Crippen LogP contribution in [0.3, 0.4) is 0 Å². The zero-order valence-corrected chi connectivity index (χ0v) is 30.1. The van der Waals surface area contributed by atoms with E-state index in [1.54, 1.807) is 0 Å². The fourth-order valence-electron chi connectivity index (χ4n) is 5.26. The third-order valence-electron chi connectivity index (χ3n) is 12.0. The van der Waals surface area contributed by atoms with Crippen molar-refractivity contribution in [3.05, 3.63) is 41.8 Å². The van der Waals surface area contributed by atoms with Gasteiger partial charge < -0.3 is 5.92 Å². The average Bonchev–Trinajstić information content (AvgIpc) is 2.66. The topological polar surface area (TPSA) is 0 Å². The first-order valence-electron chi connectivity index (χ1n) is 12.9. The van der Waals surface area contributed by atoms with Crippen molar-refractivity contribution in [2.45, 2.75) is 124 Å². The number of hydrogen-bond donors (Lipinski definition) is 0. The summed E-state index contributed by atoms with van der Waals surface area (Å²) in [6, 6.07) is 7.14. The summed E-state index contributed by atoms with van der Waals surface area (Å²) < 4.78 is 35.3. The molecule has 0 fully saturated rings. The average molecular weight is 536 g/mol. The maximum Gasteiger partial charge on any atom is 1.00 e. The fraction of sp³-hybridized carbons (Fsp3) is 0.781. The summed E-state index contributed by atoms with van der Waals surface area (Å²) in [4.78, 5) is 0. The van der Waals surface area contributed by atoms with E-state index in [9.17, 15) is 13.2 Å². The van der Waals surface area contributed by atoms with Gasteiger partial charge in [-0.15, -0.1) is 0 Å². The largest absolute Gasteiger partial charge is 1.00 e. The molecule has 0 heterocycles. The van der Waals surface area contributed by atoms with Gasteiger partial charge in [-0.05, 0) is 27.1 Å². The smallest absolute Gasteiger partial charge is 0.314 e. The molecule has 1 aromatic rings. The van der Waals surface area contributed by atoms with Crippen LogP contribution in [0.4, 0.5) is 13.2 Å². The maximum atomic E-state index is 11.8. The Labute approximate surface area is 265 Å². The van der Waals surface area contributed by atoms with Crippen molar-refractivity contribution in [2.24, 2.45) is 37.9 Å². The molecule has 36 heavy (non-hydrogen) atoms. The molecular weight excluding hydrogens is 480 g/mol. The standard InChI is InChI=1S/C25H51.C7H4F3.K/c1-18(2)20(6,7)22(10,11)24(14,15)25(16,17)23(12,13)21(8,9)19(3,4)5;8-7(9,10)6-4-2-1-3-5-6;/h1-17H3;1-4H;/q2*-1;+1. The van der Waals surface area contributed by atoms with Crippen molar-refractivity contribution >= 4 is 0 Å². The van der Waals surface area contributed by atoms with Gasteiger partial charge in [0.2, 0.25) is 0 Å². The summed E-state index contributed by atoms with van der Waals surface area (Å²) in [6.07, 6.45) is -4.26. The van der Waals surface area contributed by atoms with Gasteiger partial charge in [-0.2, -0.15) is 62.8 Å². The van der Waals surface area contributed by atoms with E-state index in [0.29, 0.717) is 0 Å². The minimum atomic E-state index is -4.26. The predicted molar refractivity (Wildman–Crippen MR) is 147 cm³/mol. The predicted octanol–water partition coefficient (Wildman–Crippen LogP) is 8.31. The van der Waals surface area contributed by atoms with Gasteiger partial charge in [0.1, 0.15) is 0 Å². The molecule has 206 valence electrons. The van der Waals surface area contributed by atoms with Crippen LogP contribution in [-0.2, 0) is 6.18 Å². The van der Waals surface area contributed by atoms with Crippen molar-refractivity contribution in [1.29, 1.82) is 0 Å². The van der Waals surface area contributed by atoms with Crippen LogP contribution in [-0.4, -0.2) is 0 Å². The van der Waals surface area contributed by atoms with Gasteiger partial charge in [0.25, 0.3) is 0 Å². The fourth-order valence-corrected chi connectivity index (χ4v) is 5.26. The van der Waals surface area contributed by atoms with E-state index in [0.717, 1.165) is 6.07 Å². The monoisotopic (exact) mass is 535 g/mol. The van der Waals surface area contributed by atoms with Gasteiger partial charge in [0.15, 0.2) is 0 Å². The molecule has 0 aliphatic rings. The minimum Gasteiger partial charge on any atom is -0.314 e. The second-order valence-electron chi connectivity index (χ2n) is 14.8. The number of alkyl halides is 3. The van der Waals surface area contributed by atoms with Gasteiger partial charge in [-0.25, -0.2) is 0 Å². The number of benzene rings is 1. The van der Waals surface area contributed by atoms with Crippen LogP contribution in [0.15, 0.2) is 24.3 Å². The van der Waals surface area contributed by atoms with Crippen molar-refractivity contribution in [3.8, 4) is 0 Å². The van der Waals surface area contributed by atoms with Gasteiger partial charge >= 0.3 is 57.6 Å². The van der Waals surface area contributed by atoms with E-state index >= 15 is 0 Å². The zero-order chi connectivity index (χ0) is 28.7. The summed E-state index contributed by atoms with van der Waals surface area (Å²) in [5.41, 5.74) is 0.511. The number of rotatable bonds is 6. The Bertz CT molecular complexity index is 802. The molecule has 0 aromatic heterocycles. The third-order valence-corrected chi connectivity index (χ3v) is 12.0. The van der Waals surface area contributed by atoms with E-state index in [2.05, 4.69) is 124 Å². The Balaban J connectivity index is 0. The molecule has 0 amide bonds. The first-order chi connectivity index (χ1) is 15.0. The molecule has 0 saturated carbocycles. The molecule has 0 bridgehead atoms. The molecule has 0 aliphatic carbocycles. The molecule has 0 saturated heterocycles. The quantitative estimate of drug-likeness (QED) is 0.254. The summed E-state index contributed by atoms with van der Waals surface area (Å²) in [5, 5.41) is 0. The van der Waals surface area contributed by atoms with E-state index in [-0.39, 0.29) is 89.3 Å². The van der Waals surface area contributed by atoms with Crippen molar-refractivity contribution < 1.29 is 64.6 Å². The van der Waals surface area contributed by atoms with Crippen LogP contribution >= 0.6 is 0 Å². The molecule has 0 radical (unpaired) electrons. The van der Waals surface area contributed by atoms with Gasteiger partial charge in [-0.3, -0.25) is 0 Å². The van der Waals surface area contributed by atoms with Gasteiger partial charge in [-0.1, -0.05) is 115 Å². The van der Waals surface area contributed by atoms with Crippen LogP contribution in [0.2, 0.25) is 0 Å². The van der Waals surface area contributed by atoms with E-state index in [1.807, 2.05) is 0 Å². The second kappa shape index (κ2) is 12.0. The van der Waals surface area contributed by atoms with E-state index in [1.165, 1.54) is 24.1 Å². The first-order valence-corrected chi connectivity index (χ1v) is 12.9. The molecule has 0 nitrogen and oxygen atoms in total. The molecule has 4 heteroatoms. The summed E-state index contributed by atoms with van der Waals surface area (Å²) >= 11 is 0. The Kier molecular flexibility index (Phi) is 13.0. The van der Waals surface area contributed by atoms with Crippen molar-refractivity contribution in [1.82, 2.24) is 0 Å². The van der Waals surface area contributed by atoms with Crippen LogP contribution < -0.4 is 51.4 Å². The van der Waals surface area contributed by atoms with Crippen LogP contribution in [0.1, 0.15) is 123 Å². The Morgan fingerprint density at radius 2 is 0.944 bits per heavy atom. The Morgan fingerprint density at radius 1 is 0.583 bits per heavy atom. The van der Waals surface area contributed by atoms with Crippen molar-refractivity contribution in [2.75, 3.05) is 0 Å². The SMILES string of the molecule is C[C-](C)C(C)(C)C(C)(C)C(C)(C)C(C)(C)C(C)(C)C(C)(C)C(C)(C)C.FC(F)(F)c1[c-]cccc1.[K+]. The molecule has 1 aromatic carbocycles. The number of hydrogen-bond acceptors (Lipinski definition) is 0.